The minimum absolute atomic E-state index is 0.0885. The van der Waals surface area contributed by atoms with Crippen LogP contribution in [0.1, 0.15) is 31.8 Å². The first-order valence-electron chi connectivity index (χ1n) is 6.30. The molecule has 0 saturated carbocycles. The highest BCUT2D eigenvalue weighted by molar-refractivity contribution is 6.31. The van der Waals surface area contributed by atoms with E-state index in [4.69, 9.17) is 11.6 Å². The van der Waals surface area contributed by atoms with Gasteiger partial charge in [0.1, 0.15) is 0 Å². The Morgan fingerprint density at radius 2 is 1.81 bits per heavy atom. The van der Waals surface area contributed by atoms with E-state index in [1.54, 1.807) is 50.2 Å². The van der Waals surface area contributed by atoms with Crippen molar-refractivity contribution in [2.45, 2.75) is 13.8 Å². The van der Waals surface area contributed by atoms with E-state index in [2.05, 4.69) is 5.32 Å². The molecule has 0 bridgehead atoms. The minimum atomic E-state index is -1.08. The Balaban J connectivity index is 2.39. The van der Waals surface area contributed by atoms with Crippen molar-refractivity contribution in [1.82, 2.24) is 0 Å². The van der Waals surface area contributed by atoms with Crippen molar-refractivity contribution >= 4 is 29.2 Å². The largest absolute Gasteiger partial charge is 0.478 e. The fraction of sp³-hybridized carbons (Fsp3) is 0.125. The summed E-state index contributed by atoms with van der Waals surface area (Å²) in [6, 6.07) is 9.94. The highest BCUT2D eigenvalue weighted by Gasteiger charge is 2.16. The molecule has 2 N–H and O–H groups in total. The number of rotatable bonds is 3. The molecule has 1 amide bonds. The Labute approximate surface area is 127 Å². The van der Waals surface area contributed by atoms with Crippen molar-refractivity contribution in [2.24, 2.45) is 0 Å². The standard InChI is InChI=1S/C16H14ClNO3/c1-9-6-7-11(17)8-12(9)15(19)18-13-5-3-4-10(2)14(13)16(20)21/h3-8H,1-2H3,(H,18,19)(H,20,21). The fourth-order valence-corrected chi connectivity index (χ4v) is 2.26. The molecule has 0 aliphatic carbocycles. The molecule has 2 aromatic rings. The normalized spacial score (nSPS) is 10.2. The smallest absolute Gasteiger partial charge is 0.338 e. The second kappa shape index (κ2) is 5.97. The number of carboxylic acid groups (broad SMARTS) is 1. The maximum absolute atomic E-state index is 12.3. The first-order chi connectivity index (χ1) is 9.90. The SMILES string of the molecule is Cc1ccc(Cl)cc1C(=O)Nc1cccc(C)c1C(=O)O. The highest BCUT2D eigenvalue weighted by Crippen LogP contribution is 2.22. The number of benzene rings is 2. The van der Waals surface area contributed by atoms with Crippen LogP contribution in [0.3, 0.4) is 0 Å². The van der Waals surface area contributed by atoms with Gasteiger partial charge in [-0.1, -0.05) is 29.8 Å². The molecular weight excluding hydrogens is 290 g/mol. The van der Waals surface area contributed by atoms with E-state index in [9.17, 15) is 14.7 Å². The molecule has 2 aromatic carbocycles. The molecule has 2 rings (SSSR count). The second-order valence-corrected chi connectivity index (χ2v) is 5.15. The van der Waals surface area contributed by atoms with Crippen molar-refractivity contribution in [2.75, 3.05) is 5.32 Å². The van der Waals surface area contributed by atoms with Crippen LogP contribution in [0.5, 0.6) is 0 Å². The number of halogens is 1. The van der Waals surface area contributed by atoms with E-state index in [1.807, 2.05) is 0 Å². The fourth-order valence-electron chi connectivity index (χ4n) is 2.08. The molecule has 0 fully saturated rings. The molecule has 0 aromatic heterocycles. The zero-order valence-electron chi connectivity index (χ0n) is 11.6. The van der Waals surface area contributed by atoms with Crippen LogP contribution in [-0.2, 0) is 0 Å². The molecule has 5 heteroatoms. The maximum Gasteiger partial charge on any atom is 0.338 e. The van der Waals surface area contributed by atoms with Gasteiger partial charge in [0.25, 0.3) is 5.91 Å². The van der Waals surface area contributed by atoms with E-state index < -0.39 is 5.97 Å². The van der Waals surface area contributed by atoms with Gasteiger partial charge in [0.2, 0.25) is 0 Å². The van der Waals surface area contributed by atoms with Gasteiger partial charge < -0.3 is 10.4 Å². The number of amides is 1. The molecular formula is C16H14ClNO3. The number of anilines is 1. The summed E-state index contributed by atoms with van der Waals surface area (Å²) in [6.07, 6.45) is 0. The predicted molar refractivity (Wildman–Crippen MR) is 82.3 cm³/mol. The zero-order chi connectivity index (χ0) is 15.6. The van der Waals surface area contributed by atoms with Gasteiger partial charge >= 0.3 is 5.97 Å². The van der Waals surface area contributed by atoms with Gasteiger partial charge in [0.05, 0.1) is 11.3 Å². The molecule has 108 valence electrons. The van der Waals surface area contributed by atoms with E-state index >= 15 is 0 Å². The lowest BCUT2D eigenvalue weighted by Crippen LogP contribution is -2.16. The number of hydrogen-bond acceptors (Lipinski definition) is 2. The number of nitrogens with one attached hydrogen (secondary N) is 1. The molecule has 0 saturated heterocycles. The molecule has 0 aliphatic rings. The van der Waals surface area contributed by atoms with Gasteiger partial charge in [-0.05, 0) is 43.2 Å². The van der Waals surface area contributed by atoms with Crippen LogP contribution in [0.15, 0.2) is 36.4 Å². The molecule has 0 aliphatic heterocycles. The molecule has 0 unspecified atom stereocenters. The molecule has 4 nitrogen and oxygen atoms in total. The van der Waals surface area contributed by atoms with Gasteiger partial charge in [0.15, 0.2) is 0 Å². The minimum Gasteiger partial charge on any atom is -0.478 e. The highest BCUT2D eigenvalue weighted by atomic mass is 35.5. The Kier molecular flexibility index (Phi) is 4.29. The third kappa shape index (κ3) is 3.23. The van der Waals surface area contributed by atoms with E-state index in [0.717, 1.165) is 5.56 Å². The van der Waals surface area contributed by atoms with Crippen LogP contribution in [0, 0.1) is 13.8 Å². The van der Waals surface area contributed by atoms with Crippen molar-refractivity contribution in [1.29, 1.82) is 0 Å². The lowest BCUT2D eigenvalue weighted by molar-refractivity contribution is 0.0697. The summed E-state index contributed by atoms with van der Waals surface area (Å²) in [6.45, 7) is 3.48. The molecule has 21 heavy (non-hydrogen) atoms. The average Bonchev–Trinajstić information content (AvgIpc) is 2.41. The number of hydrogen-bond donors (Lipinski definition) is 2. The molecule has 0 radical (unpaired) electrons. The van der Waals surface area contributed by atoms with Gasteiger partial charge in [-0.2, -0.15) is 0 Å². The van der Waals surface area contributed by atoms with Crippen molar-refractivity contribution in [3.63, 3.8) is 0 Å². The molecule has 0 heterocycles. The van der Waals surface area contributed by atoms with Crippen LogP contribution in [0.2, 0.25) is 5.02 Å². The summed E-state index contributed by atoms with van der Waals surface area (Å²) in [5.41, 5.74) is 2.13. The number of carboxylic acids is 1. The van der Waals surface area contributed by atoms with Crippen LogP contribution < -0.4 is 5.32 Å². The predicted octanol–water partition coefficient (Wildman–Crippen LogP) is 3.91. The monoisotopic (exact) mass is 303 g/mol. The topological polar surface area (TPSA) is 66.4 Å². The third-order valence-corrected chi connectivity index (χ3v) is 3.41. The number of carbonyl (C=O) groups excluding carboxylic acids is 1. The van der Waals surface area contributed by atoms with Crippen LogP contribution >= 0.6 is 11.6 Å². The maximum atomic E-state index is 12.3. The Morgan fingerprint density at radius 1 is 1.10 bits per heavy atom. The van der Waals surface area contributed by atoms with Crippen molar-refractivity contribution in [3.05, 3.63) is 63.7 Å². The Hall–Kier alpha value is -2.33. The quantitative estimate of drug-likeness (QED) is 0.903. The zero-order valence-corrected chi connectivity index (χ0v) is 12.4. The molecule has 0 spiro atoms. The number of carbonyl (C=O) groups is 2. The summed E-state index contributed by atoms with van der Waals surface area (Å²) in [7, 11) is 0. The summed E-state index contributed by atoms with van der Waals surface area (Å²) in [5, 5.41) is 12.3. The lowest BCUT2D eigenvalue weighted by atomic mass is 10.1. The Morgan fingerprint density at radius 3 is 2.48 bits per heavy atom. The summed E-state index contributed by atoms with van der Waals surface area (Å²) < 4.78 is 0. The van der Waals surface area contributed by atoms with E-state index in [-0.39, 0.29) is 17.2 Å². The summed E-state index contributed by atoms with van der Waals surface area (Å²) >= 11 is 5.90. The first-order valence-corrected chi connectivity index (χ1v) is 6.68. The Bertz CT molecular complexity index is 725. The second-order valence-electron chi connectivity index (χ2n) is 4.72. The van der Waals surface area contributed by atoms with Gasteiger partial charge in [0, 0.05) is 10.6 Å². The summed E-state index contributed by atoms with van der Waals surface area (Å²) in [5.74, 6) is -1.46. The number of aromatic carboxylic acids is 1. The van der Waals surface area contributed by atoms with E-state index in [0.29, 0.717) is 16.1 Å². The van der Waals surface area contributed by atoms with E-state index in [1.165, 1.54) is 0 Å². The lowest BCUT2D eigenvalue weighted by Gasteiger charge is -2.12. The number of aryl methyl sites for hydroxylation is 2. The first kappa shape index (κ1) is 15.1. The van der Waals surface area contributed by atoms with Crippen LogP contribution in [-0.4, -0.2) is 17.0 Å². The summed E-state index contributed by atoms with van der Waals surface area (Å²) in [4.78, 5) is 23.6. The van der Waals surface area contributed by atoms with Crippen LogP contribution in [0.25, 0.3) is 0 Å². The van der Waals surface area contributed by atoms with Gasteiger partial charge in [-0.3, -0.25) is 4.79 Å². The van der Waals surface area contributed by atoms with Gasteiger partial charge in [-0.25, -0.2) is 4.79 Å². The van der Waals surface area contributed by atoms with Crippen molar-refractivity contribution < 1.29 is 14.7 Å². The van der Waals surface area contributed by atoms with Crippen molar-refractivity contribution in [3.8, 4) is 0 Å². The molecule has 0 atom stereocenters. The third-order valence-electron chi connectivity index (χ3n) is 3.18. The van der Waals surface area contributed by atoms with Crippen LogP contribution in [0.4, 0.5) is 5.69 Å². The average molecular weight is 304 g/mol. The van der Waals surface area contributed by atoms with Gasteiger partial charge in [-0.15, -0.1) is 0 Å².